The van der Waals surface area contributed by atoms with E-state index in [0.29, 0.717) is 11.3 Å². The molecule has 1 aromatic rings. The van der Waals surface area contributed by atoms with Crippen LogP contribution in [0, 0.1) is 0 Å². The predicted octanol–water partition coefficient (Wildman–Crippen LogP) is 2.51. The summed E-state index contributed by atoms with van der Waals surface area (Å²) in [5.74, 6) is 2.86. The van der Waals surface area contributed by atoms with Crippen molar-refractivity contribution >= 4 is 0 Å². The first kappa shape index (κ1) is 8.45. The highest BCUT2D eigenvalue weighted by Gasteiger charge is 2.43. The first-order valence-corrected chi connectivity index (χ1v) is 5.71. The highest BCUT2D eigenvalue weighted by Crippen LogP contribution is 2.46. The van der Waals surface area contributed by atoms with Crippen LogP contribution in [-0.2, 0) is 5.41 Å². The van der Waals surface area contributed by atoms with Crippen LogP contribution in [0.2, 0.25) is 0 Å². The number of rotatable bonds is 2. The number of nitrogens with zero attached hydrogens (tertiary/aromatic N) is 2. The van der Waals surface area contributed by atoms with Crippen LogP contribution in [0.25, 0.3) is 0 Å². The molecule has 2 saturated carbocycles. The molecule has 14 heavy (non-hydrogen) atoms. The standard InChI is InChI=1S/C11H17N3/c1-11(6-7-11)10-12-9(13-14-10)8-4-2-3-5-8/h8H,2-7H2,1H3,(H,12,13,14). The Morgan fingerprint density at radius 3 is 2.64 bits per heavy atom. The Hall–Kier alpha value is -0.860. The van der Waals surface area contributed by atoms with Crippen LogP contribution >= 0.6 is 0 Å². The summed E-state index contributed by atoms with van der Waals surface area (Å²) in [4.78, 5) is 4.66. The maximum absolute atomic E-state index is 4.66. The molecule has 2 aliphatic rings. The van der Waals surface area contributed by atoms with Crippen LogP contribution in [0.15, 0.2) is 0 Å². The van der Waals surface area contributed by atoms with Gasteiger partial charge in [0, 0.05) is 11.3 Å². The second kappa shape index (κ2) is 2.81. The Morgan fingerprint density at radius 1 is 1.29 bits per heavy atom. The van der Waals surface area contributed by atoms with Gasteiger partial charge in [0.2, 0.25) is 0 Å². The molecule has 0 unspecified atom stereocenters. The summed E-state index contributed by atoms with van der Waals surface area (Å²) < 4.78 is 0. The van der Waals surface area contributed by atoms with Gasteiger partial charge in [-0.1, -0.05) is 19.8 Å². The Morgan fingerprint density at radius 2 is 2.00 bits per heavy atom. The second-order valence-electron chi connectivity index (χ2n) is 5.09. The number of H-pyrrole nitrogens is 1. The second-order valence-corrected chi connectivity index (χ2v) is 5.09. The molecule has 0 atom stereocenters. The molecule has 2 aliphatic carbocycles. The Balaban J connectivity index is 1.82. The molecule has 0 bridgehead atoms. The lowest BCUT2D eigenvalue weighted by molar-refractivity contribution is 0.667. The molecule has 0 spiro atoms. The molecular formula is C11H17N3. The molecule has 1 aromatic heterocycles. The minimum Gasteiger partial charge on any atom is -0.263 e. The van der Waals surface area contributed by atoms with E-state index in [9.17, 15) is 0 Å². The maximum atomic E-state index is 4.66. The molecule has 3 rings (SSSR count). The molecule has 3 heteroatoms. The van der Waals surface area contributed by atoms with Crippen molar-refractivity contribution in [2.45, 2.75) is 56.8 Å². The molecule has 0 amide bonds. The molecule has 0 radical (unpaired) electrons. The van der Waals surface area contributed by atoms with Crippen molar-refractivity contribution in [2.75, 3.05) is 0 Å². The van der Waals surface area contributed by atoms with E-state index in [-0.39, 0.29) is 0 Å². The number of aromatic nitrogens is 3. The van der Waals surface area contributed by atoms with Crippen LogP contribution in [0.1, 0.15) is 63.0 Å². The zero-order valence-electron chi connectivity index (χ0n) is 8.71. The molecule has 1 N–H and O–H groups in total. The third kappa shape index (κ3) is 1.26. The Kier molecular flexibility index (Phi) is 1.70. The average Bonchev–Trinajstić information content (AvgIpc) is 2.73. The van der Waals surface area contributed by atoms with Crippen molar-refractivity contribution < 1.29 is 0 Å². The van der Waals surface area contributed by atoms with Gasteiger partial charge in [-0.15, -0.1) is 0 Å². The topological polar surface area (TPSA) is 41.6 Å². The highest BCUT2D eigenvalue weighted by atomic mass is 15.2. The molecule has 3 nitrogen and oxygen atoms in total. The lowest BCUT2D eigenvalue weighted by Crippen LogP contribution is -2.02. The van der Waals surface area contributed by atoms with Gasteiger partial charge in [-0.25, -0.2) is 4.98 Å². The van der Waals surface area contributed by atoms with Gasteiger partial charge in [0.25, 0.3) is 0 Å². The van der Waals surface area contributed by atoms with E-state index >= 15 is 0 Å². The van der Waals surface area contributed by atoms with E-state index in [1.807, 2.05) is 0 Å². The summed E-state index contributed by atoms with van der Waals surface area (Å²) in [5.41, 5.74) is 0.313. The summed E-state index contributed by atoms with van der Waals surface area (Å²) in [5, 5.41) is 7.49. The van der Waals surface area contributed by atoms with Gasteiger partial charge >= 0.3 is 0 Å². The van der Waals surface area contributed by atoms with Crippen LogP contribution < -0.4 is 0 Å². The Labute approximate surface area is 84.3 Å². The van der Waals surface area contributed by atoms with E-state index in [0.717, 1.165) is 11.6 Å². The van der Waals surface area contributed by atoms with Gasteiger partial charge in [-0.05, 0) is 25.7 Å². The number of hydrogen-bond acceptors (Lipinski definition) is 2. The van der Waals surface area contributed by atoms with Crippen LogP contribution in [0.3, 0.4) is 0 Å². The Bertz CT molecular complexity index is 332. The van der Waals surface area contributed by atoms with Crippen molar-refractivity contribution in [1.29, 1.82) is 0 Å². The summed E-state index contributed by atoms with van der Waals surface area (Å²) in [7, 11) is 0. The zero-order valence-corrected chi connectivity index (χ0v) is 8.71. The van der Waals surface area contributed by atoms with Gasteiger partial charge < -0.3 is 0 Å². The minimum absolute atomic E-state index is 0.313. The van der Waals surface area contributed by atoms with Crippen LogP contribution in [-0.4, -0.2) is 15.2 Å². The molecule has 0 aliphatic heterocycles. The van der Waals surface area contributed by atoms with E-state index < -0.39 is 0 Å². The van der Waals surface area contributed by atoms with Gasteiger partial charge in [-0.2, -0.15) is 5.10 Å². The lowest BCUT2D eigenvalue weighted by atomic mass is 10.1. The van der Waals surface area contributed by atoms with E-state index in [1.165, 1.54) is 38.5 Å². The third-order valence-corrected chi connectivity index (χ3v) is 3.78. The first-order chi connectivity index (χ1) is 6.78. The normalized spacial score (nSPS) is 25.5. The fraction of sp³-hybridized carbons (Fsp3) is 0.818. The van der Waals surface area contributed by atoms with Crippen molar-refractivity contribution in [3.63, 3.8) is 0 Å². The predicted molar refractivity (Wildman–Crippen MR) is 54.2 cm³/mol. The minimum atomic E-state index is 0.313. The monoisotopic (exact) mass is 191 g/mol. The fourth-order valence-corrected chi connectivity index (χ4v) is 2.34. The SMILES string of the molecule is CC1(c2n[nH]c(C3CCCC3)n2)CC1. The lowest BCUT2D eigenvalue weighted by Gasteiger charge is -2.03. The largest absolute Gasteiger partial charge is 0.263 e. The van der Waals surface area contributed by atoms with Crippen LogP contribution in [0.4, 0.5) is 0 Å². The summed E-state index contributed by atoms with van der Waals surface area (Å²) >= 11 is 0. The van der Waals surface area contributed by atoms with E-state index in [4.69, 9.17) is 0 Å². The van der Waals surface area contributed by atoms with Crippen molar-refractivity contribution in [1.82, 2.24) is 15.2 Å². The van der Waals surface area contributed by atoms with E-state index in [1.54, 1.807) is 0 Å². The number of aromatic amines is 1. The molecular weight excluding hydrogens is 174 g/mol. The molecule has 0 saturated heterocycles. The quantitative estimate of drug-likeness (QED) is 0.780. The van der Waals surface area contributed by atoms with Crippen molar-refractivity contribution in [3.8, 4) is 0 Å². The summed E-state index contributed by atoms with van der Waals surface area (Å²) in [6.45, 7) is 2.26. The molecule has 2 fully saturated rings. The van der Waals surface area contributed by atoms with E-state index in [2.05, 4.69) is 22.1 Å². The molecule has 1 heterocycles. The highest BCUT2D eigenvalue weighted by molar-refractivity contribution is 5.16. The third-order valence-electron chi connectivity index (χ3n) is 3.78. The van der Waals surface area contributed by atoms with Crippen LogP contribution in [0.5, 0.6) is 0 Å². The molecule has 0 aromatic carbocycles. The first-order valence-electron chi connectivity index (χ1n) is 5.71. The van der Waals surface area contributed by atoms with Crippen molar-refractivity contribution in [3.05, 3.63) is 11.6 Å². The maximum Gasteiger partial charge on any atom is 0.156 e. The number of hydrogen-bond donors (Lipinski definition) is 1. The van der Waals surface area contributed by atoms with Crippen molar-refractivity contribution in [2.24, 2.45) is 0 Å². The smallest absolute Gasteiger partial charge is 0.156 e. The number of nitrogens with one attached hydrogen (secondary N) is 1. The fourth-order valence-electron chi connectivity index (χ4n) is 2.34. The zero-order chi connectivity index (χ0) is 9.60. The van der Waals surface area contributed by atoms with Gasteiger partial charge in [0.15, 0.2) is 5.82 Å². The van der Waals surface area contributed by atoms with Gasteiger partial charge in [-0.3, -0.25) is 5.10 Å². The average molecular weight is 191 g/mol. The summed E-state index contributed by atoms with van der Waals surface area (Å²) in [6, 6.07) is 0. The molecule has 76 valence electrons. The van der Waals surface area contributed by atoms with Gasteiger partial charge in [0.1, 0.15) is 5.82 Å². The summed E-state index contributed by atoms with van der Waals surface area (Å²) in [6.07, 6.45) is 7.83. The van der Waals surface area contributed by atoms with Gasteiger partial charge in [0.05, 0.1) is 0 Å².